The number of rotatable bonds is 7. The Balaban J connectivity index is 1.90. The first-order chi connectivity index (χ1) is 19.4. The van der Waals surface area contributed by atoms with Crippen LogP contribution in [-0.4, -0.2) is 53.3 Å². The lowest BCUT2D eigenvalue weighted by atomic mass is 9.99. The Morgan fingerprint density at radius 1 is 0.756 bits per heavy atom. The van der Waals surface area contributed by atoms with Gasteiger partial charge in [0, 0.05) is 40.5 Å². The first-order valence-corrected chi connectivity index (χ1v) is 13.7. The van der Waals surface area contributed by atoms with Gasteiger partial charge in [0.1, 0.15) is 0 Å². The van der Waals surface area contributed by atoms with Crippen molar-refractivity contribution in [3.8, 4) is 0 Å². The van der Waals surface area contributed by atoms with E-state index in [1.165, 1.54) is 0 Å². The van der Waals surface area contributed by atoms with E-state index in [0.29, 0.717) is 35.6 Å². The zero-order valence-electron chi connectivity index (χ0n) is 23.8. The number of aryl methyl sites for hydroxylation is 3. The molecule has 1 atom stereocenters. The molecule has 0 spiro atoms. The number of carboxylic acid groups (broad SMARTS) is 2. The molecule has 3 aromatic heterocycles. The zero-order chi connectivity index (χ0) is 29.6. The van der Waals surface area contributed by atoms with E-state index in [0.717, 1.165) is 61.0 Å². The molecule has 5 N–H and O–H groups in total. The molecule has 0 radical (unpaired) electrons. The number of hydrogen-bond acceptors (Lipinski definition) is 5. The van der Waals surface area contributed by atoms with Crippen molar-refractivity contribution in [2.75, 3.05) is 0 Å². The zero-order valence-corrected chi connectivity index (χ0v) is 23.8. The third-order valence-electron chi connectivity index (χ3n) is 7.95. The van der Waals surface area contributed by atoms with E-state index < -0.39 is 18.0 Å². The number of H-pyrrole nitrogens is 2. The molecule has 5 rings (SSSR count). The van der Waals surface area contributed by atoms with Gasteiger partial charge in [-0.25, -0.2) is 9.97 Å². The Labute approximate surface area is 237 Å². The highest BCUT2D eigenvalue weighted by atomic mass is 16.4. The minimum atomic E-state index is -0.897. The molecule has 0 saturated heterocycles. The summed E-state index contributed by atoms with van der Waals surface area (Å²) in [6, 6.07) is 9.75. The maximum atomic E-state index is 11.5. The van der Waals surface area contributed by atoms with E-state index in [4.69, 9.17) is 9.97 Å². The number of fused-ring (bicyclic) bond motifs is 8. The van der Waals surface area contributed by atoms with Gasteiger partial charge in [0.25, 0.3) is 0 Å². The molecular weight excluding hydrogens is 520 g/mol. The molecule has 8 bridgehead atoms. The first-order valence-electron chi connectivity index (χ1n) is 13.7. The van der Waals surface area contributed by atoms with Gasteiger partial charge < -0.3 is 25.3 Å². The summed E-state index contributed by atoms with van der Waals surface area (Å²) in [6.07, 6.45) is -0.161. The molecule has 9 nitrogen and oxygen atoms in total. The SMILES string of the molecule is CC1=C(CCC(=O)O)c2cc3[nH]c(cc4cc(C)c(cc5nc(cc1n2)C(C)=C5C(C)O)[nH]4)c(C)c3CCC(=O)O. The van der Waals surface area contributed by atoms with Gasteiger partial charge >= 0.3 is 11.9 Å². The Bertz CT molecular complexity index is 1820. The van der Waals surface area contributed by atoms with Crippen molar-refractivity contribution in [2.45, 2.75) is 66.4 Å². The molecule has 2 aliphatic rings. The summed E-state index contributed by atoms with van der Waals surface area (Å²) in [5.41, 5.74) is 12.1. The van der Waals surface area contributed by atoms with Gasteiger partial charge in [-0.05, 0) is 111 Å². The van der Waals surface area contributed by atoms with Crippen LogP contribution in [0.1, 0.15) is 79.5 Å². The van der Waals surface area contributed by atoms with Crippen molar-refractivity contribution in [1.82, 2.24) is 19.9 Å². The normalized spacial score (nSPS) is 14.1. The topological polar surface area (TPSA) is 152 Å². The van der Waals surface area contributed by atoms with Gasteiger partial charge in [0.05, 0.1) is 28.9 Å². The van der Waals surface area contributed by atoms with Gasteiger partial charge in [0.15, 0.2) is 0 Å². The summed E-state index contributed by atoms with van der Waals surface area (Å²) in [7, 11) is 0. The molecule has 1 unspecified atom stereocenters. The summed E-state index contributed by atoms with van der Waals surface area (Å²) >= 11 is 0. The van der Waals surface area contributed by atoms with Crippen LogP contribution in [0.25, 0.3) is 44.4 Å². The second-order valence-corrected chi connectivity index (χ2v) is 10.8. The number of aliphatic hydroxyl groups excluding tert-OH is 1. The molecule has 5 heterocycles. The van der Waals surface area contributed by atoms with Crippen LogP contribution in [0, 0.1) is 13.8 Å². The number of nitrogens with zero attached hydrogens (tertiary/aromatic N) is 2. The molecule has 3 aromatic rings. The van der Waals surface area contributed by atoms with E-state index in [9.17, 15) is 24.9 Å². The number of aliphatic carboxylic acids is 2. The fourth-order valence-electron chi connectivity index (χ4n) is 5.70. The third-order valence-corrected chi connectivity index (χ3v) is 7.95. The summed E-state index contributed by atoms with van der Waals surface area (Å²) in [5, 5.41) is 29.5. The van der Waals surface area contributed by atoms with Crippen molar-refractivity contribution in [3.63, 3.8) is 0 Å². The lowest BCUT2D eigenvalue weighted by molar-refractivity contribution is -0.137. The molecule has 0 aliphatic carbocycles. The van der Waals surface area contributed by atoms with Crippen molar-refractivity contribution in [1.29, 1.82) is 0 Å². The highest BCUT2D eigenvalue weighted by Gasteiger charge is 2.23. The molecule has 0 amide bonds. The molecule has 2 aliphatic heterocycles. The van der Waals surface area contributed by atoms with Crippen molar-refractivity contribution < 1.29 is 24.9 Å². The van der Waals surface area contributed by atoms with Gasteiger partial charge in [-0.3, -0.25) is 9.59 Å². The number of hydrogen-bond donors (Lipinski definition) is 5. The number of carbonyl (C=O) groups is 2. The van der Waals surface area contributed by atoms with E-state index in [1.54, 1.807) is 6.92 Å². The largest absolute Gasteiger partial charge is 0.481 e. The monoisotopic (exact) mass is 554 g/mol. The molecule has 212 valence electrons. The number of carboxylic acids is 2. The number of allylic oxidation sites excluding steroid dienone is 3. The maximum absolute atomic E-state index is 11.5. The smallest absolute Gasteiger partial charge is 0.303 e. The van der Waals surface area contributed by atoms with E-state index in [-0.39, 0.29) is 12.8 Å². The summed E-state index contributed by atoms with van der Waals surface area (Å²) in [4.78, 5) is 39.7. The Kier molecular flexibility index (Phi) is 7.40. The molecule has 0 saturated carbocycles. The second kappa shape index (κ2) is 10.8. The summed E-state index contributed by atoms with van der Waals surface area (Å²) in [5.74, 6) is -1.78. The van der Waals surface area contributed by atoms with Crippen LogP contribution in [0.3, 0.4) is 0 Å². The third kappa shape index (κ3) is 5.45. The molecule has 0 aromatic carbocycles. The lowest BCUT2D eigenvalue weighted by Crippen LogP contribution is -2.02. The van der Waals surface area contributed by atoms with Crippen molar-refractivity contribution >= 4 is 56.3 Å². The standard InChI is InChI=1S/C32H34N4O5/c1-15-10-20-11-24-16(2)21(6-8-30(38)39)27(34-24)14-28-22(7-9-31(40)41)17(3)25(35-28)13-26-18(4)32(19(5)37)29(36-26)12-23(15)33-20/h10-14,19,33-34,37H,6-9H2,1-5H3,(H,38,39)(H,40,41). The van der Waals surface area contributed by atoms with Gasteiger partial charge in [-0.1, -0.05) is 0 Å². The van der Waals surface area contributed by atoms with Crippen LogP contribution >= 0.6 is 0 Å². The number of aliphatic hydroxyl groups is 1. The van der Waals surface area contributed by atoms with Crippen LogP contribution in [0.2, 0.25) is 0 Å². The van der Waals surface area contributed by atoms with E-state index >= 15 is 0 Å². The Morgan fingerprint density at radius 3 is 2.07 bits per heavy atom. The number of aromatic amines is 2. The molecular formula is C32H34N4O5. The number of nitrogens with one attached hydrogen (secondary N) is 2. The highest BCUT2D eigenvalue weighted by Crippen LogP contribution is 2.37. The fraction of sp³-hybridized carbons (Fsp3) is 0.312. The summed E-state index contributed by atoms with van der Waals surface area (Å²) in [6.45, 7) is 9.56. The van der Waals surface area contributed by atoms with Crippen LogP contribution in [0.4, 0.5) is 0 Å². The molecule has 0 fully saturated rings. The summed E-state index contributed by atoms with van der Waals surface area (Å²) < 4.78 is 0. The molecule has 9 heteroatoms. The Morgan fingerprint density at radius 2 is 1.39 bits per heavy atom. The van der Waals surface area contributed by atoms with Gasteiger partial charge in [-0.15, -0.1) is 0 Å². The van der Waals surface area contributed by atoms with E-state index in [1.807, 2.05) is 58.0 Å². The molecule has 41 heavy (non-hydrogen) atoms. The Hall–Kier alpha value is -4.50. The van der Waals surface area contributed by atoms with Crippen molar-refractivity contribution in [3.05, 3.63) is 69.8 Å². The quantitative estimate of drug-likeness (QED) is 0.238. The second-order valence-electron chi connectivity index (χ2n) is 10.8. The number of aromatic nitrogens is 4. The highest BCUT2D eigenvalue weighted by molar-refractivity contribution is 5.96. The van der Waals surface area contributed by atoms with Crippen molar-refractivity contribution in [2.24, 2.45) is 0 Å². The first kappa shape index (κ1) is 28.0. The predicted molar refractivity (Wildman–Crippen MR) is 160 cm³/mol. The minimum Gasteiger partial charge on any atom is -0.481 e. The average molecular weight is 555 g/mol. The van der Waals surface area contributed by atoms with Crippen LogP contribution in [0.15, 0.2) is 30.3 Å². The fourth-order valence-corrected chi connectivity index (χ4v) is 5.70. The van der Waals surface area contributed by atoms with Crippen LogP contribution in [0.5, 0.6) is 0 Å². The lowest BCUT2D eigenvalue weighted by Gasteiger charge is -2.07. The van der Waals surface area contributed by atoms with E-state index in [2.05, 4.69) is 9.97 Å². The average Bonchev–Trinajstić information content (AvgIpc) is 3.56. The van der Waals surface area contributed by atoms with Crippen LogP contribution in [-0.2, 0) is 16.0 Å². The maximum Gasteiger partial charge on any atom is 0.303 e. The van der Waals surface area contributed by atoms with Crippen LogP contribution < -0.4 is 0 Å². The van der Waals surface area contributed by atoms with Gasteiger partial charge in [0.2, 0.25) is 0 Å². The minimum absolute atomic E-state index is 0.0201. The van der Waals surface area contributed by atoms with Gasteiger partial charge in [-0.2, -0.15) is 0 Å². The predicted octanol–water partition coefficient (Wildman–Crippen LogP) is 6.06.